The van der Waals surface area contributed by atoms with Crippen molar-refractivity contribution in [3.8, 4) is 0 Å². The van der Waals surface area contributed by atoms with Crippen molar-refractivity contribution in [2.75, 3.05) is 27.3 Å². The van der Waals surface area contributed by atoms with E-state index in [2.05, 4.69) is 10.8 Å². The third kappa shape index (κ3) is 14.9. The van der Waals surface area contributed by atoms with Gasteiger partial charge in [0, 0.05) is 13.6 Å². The Morgan fingerprint density at radius 1 is 1.53 bits per heavy atom. The summed E-state index contributed by atoms with van der Waals surface area (Å²) in [5, 5.41) is 10.3. The minimum Gasteiger partial charge on any atom is -0.481 e. The van der Waals surface area contributed by atoms with Gasteiger partial charge in [0.2, 0.25) is 0 Å². The fourth-order valence-electron chi connectivity index (χ4n) is 1.04. The van der Waals surface area contributed by atoms with Crippen LogP contribution in [-0.2, 0) is 24.2 Å². The molecule has 0 heterocycles. The highest BCUT2D eigenvalue weighted by Gasteiger charge is 2.17. The third-order valence-corrected chi connectivity index (χ3v) is 2.26. The van der Waals surface area contributed by atoms with E-state index in [-0.39, 0.29) is 0 Å². The van der Waals surface area contributed by atoms with E-state index in [1.807, 2.05) is 6.92 Å². The molecule has 0 rings (SSSR count). The molecule has 1 atom stereocenters. The van der Waals surface area contributed by atoms with Crippen LogP contribution >= 0.6 is 0 Å². The van der Waals surface area contributed by atoms with E-state index < -0.39 is 22.3 Å². The normalized spacial score (nSPS) is 12.5. The lowest BCUT2D eigenvalue weighted by atomic mass is 10.1. The molecule has 19 heavy (non-hydrogen) atoms. The Balaban J connectivity index is 0. The van der Waals surface area contributed by atoms with Gasteiger partial charge in [-0.3, -0.25) is 18.4 Å². The lowest BCUT2D eigenvalue weighted by Gasteiger charge is -2.19. The van der Waals surface area contributed by atoms with Crippen LogP contribution in [0.25, 0.3) is 0 Å². The third-order valence-electron chi connectivity index (χ3n) is 1.84. The largest absolute Gasteiger partial charge is 0.481 e. The molecule has 0 spiro atoms. The minimum absolute atomic E-state index is 0.384. The van der Waals surface area contributed by atoms with E-state index in [0.29, 0.717) is 19.6 Å². The molecule has 0 saturated heterocycles. The van der Waals surface area contributed by atoms with Crippen LogP contribution < -0.4 is 0 Å². The first kappa shape index (κ1) is 20.3. The van der Waals surface area contributed by atoms with Crippen molar-refractivity contribution in [3.05, 3.63) is 12.7 Å². The van der Waals surface area contributed by atoms with Crippen LogP contribution in [0.3, 0.4) is 0 Å². The summed E-state index contributed by atoms with van der Waals surface area (Å²) in [5.41, 5.74) is 0. The Morgan fingerprint density at radius 3 is 2.26 bits per heavy atom. The first-order chi connectivity index (χ1) is 8.67. The quantitative estimate of drug-likeness (QED) is 0.380. The van der Waals surface area contributed by atoms with E-state index in [9.17, 15) is 13.2 Å². The lowest BCUT2D eigenvalue weighted by molar-refractivity contribution is -0.160. The highest BCUT2D eigenvalue weighted by atomic mass is 32.3. The Kier molecular flexibility index (Phi) is 11.6. The van der Waals surface area contributed by atoms with Crippen LogP contribution in [0, 0.1) is 5.92 Å². The number of aliphatic carboxylic acids is 1. The molecule has 0 bridgehead atoms. The lowest BCUT2D eigenvalue weighted by Crippen LogP contribution is -2.30. The van der Waals surface area contributed by atoms with Gasteiger partial charge in [0.25, 0.3) is 0 Å². The van der Waals surface area contributed by atoms with Gasteiger partial charge in [-0.2, -0.15) is 13.5 Å². The van der Waals surface area contributed by atoms with Gasteiger partial charge in [-0.15, -0.1) is 6.58 Å². The molecule has 0 amide bonds. The van der Waals surface area contributed by atoms with Gasteiger partial charge in [0.05, 0.1) is 19.6 Å². The van der Waals surface area contributed by atoms with Crippen LogP contribution in [0.5, 0.6) is 0 Å². The molecule has 0 aliphatic rings. The second-order valence-corrected chi connectivity index (χ2v) is 4.57. The van der Waals surface area contributed by atoms with Crippen molar-refractivity contribution >= 4 is 16.4 Å². The van der Waals surface area contributed by atoms with Crippen molar-refractivity contribution in [2.45, 2.75) is 13.3 Å². The fraction of sp³-hybridized carbons (Fsp3) is 0.700. The molecule has 2 N–H and O–H groups in total. The van der Waals surface area contributed by atoms with Crippen molar-refractivity contribution in [3.63, 3.8) is 0 Å². The number of rotatable bonds is 8. The summed E-state index contributed by atoms with van der Waals surface area (Å²) in [6.07, 6.45) is 2.07. The molecule has 0 aromatic carbocycles. The van der Waals surface area contributed by atoms with E-state index in [1.165, 1.54) is 0 Å². The van der Waals surface area contributed by atoms with E-state index in [4.69, 9.17) is 14.5 Å². The summed E-state index contributed by atoms with van der Waals surface area (Å²) >= 11 is 0. The summed E-state index contributed by atoms with van der Waals surface area (Å²) < 4.78 is 29.7. The minimum atomic E-state index is -4.16. The molecule has 0 aromatic rings. The summed E-state index contributed by atoms with van der Waals surface area (Å²) in [5.74, 6) is -1.25. The molecule has 0 radical (unpaired) electrons. The van der Waals surface area contributed by atoms with Crippen molar-refractivity contribution < 1.29 is 31.9 Å². The number of hydrogen-bond acceptors (Lipinski definition) is 6. The van der Waals surface area contributed by atoms with Crippen LogP contribution in [-0.4, -0.2) is 56.4 Å². The fourth-order valence-corrected chi connectivity index (χ4v) is 1.04. The zero-order chi connectivity index (χ0) is 15.5. The second-order valence-electron chi connectivity index (χ2n) is 3.38. The number of hydroxylamine groups is 2. The molecule has 1 unspecified atom stereocenters. The first-order valence-electron chi connectivity index (χ1n) is 5.38. The zero-order valence-corrected chi connectivity index (χ0v) is 12.1. The summed E-state index contributed by atoms with van der Waals surface area (Å²) in [7, 11) is -1.57. The topological polar surface area (TPSA) is 113 Å². The molecule has 0 aliphatic carbocycles. The predicted octanol–water partition coefficient (Wildman–Crippen LogP) is 0.582. The number of allylic oxidation sites excluding steroid dienone is 1. The highest BCUT2D eigenvalue weighted by Crippen LogP contribution is 2.06. The maximum atomic E-state index is 10.7. The van der Waals surface area contributed by atoms with Crippen molar-refractivity contribution in [1.29, 1.82) is 0 Å². The maximum Gasteiger partial charge on any atom is 0.397 e. The molecule has 8 nitrogen and oxygen atoms in total. The Labute approximate surface area is 113 Å². The average molecular weight is 299 g/mol. The van der Waals surface area contributed by atoms with Gasteiger partial charge in [-0.25, -0.2) is 0 Å². The summed E-state index contributed by atoms with van der Waals surface area (Å²) in [6, 6.07) is 0. The Bertz CT molecular complexity index is 355. The SMILES string of the molecule is C=CCC(CN(C)OCC)C(=O)O.COS(=O)(=O)O. The molecule has 9 heteroatoms. The van der Waals surface area contributed by atoms with E-state index in [1.54, 1.807) is 18.2 Å². The Morgan fingerprint density at radius 2 is 2.00 bits per heavy atom. The van der Waals surface area contributed by atoms with Crippen molar-refractivity contribution in [1.82, 2.24) is 5.06 Å². The highest BCUT2D eigenvalue weighted by molar-refractivity contribution is 7.80. The smallest absolute Gasteiger partial charge is 0.397 e. The second kappa shape index (κ2) is 10.9. The number of carbonyl (C=O) groups is 1. The van der Waals surface area contributed by atoms with E-state index >= 15 is 0 Å². The van der Waals surface area contributed by atoms with Crippen LogP contribution in [0.2, 0.25) is 0 Å². The molecular weight excluding hydrogens is 278 g/mol. The predicted molar refractivity (Wildman–Crippen MR) is 68.8 cm³/mol. The monoisotopic (exact) mass is 299 g/mol. The Hall–Kier alpha value is -1.00. The summed E-state index contributed by atoms with van der Waals surface area (Å²) in [4.78, 5) is 15.8. The van der Waals surface area contributed by atoms with Crippen LogP contribution in [0.15, 0.2) is 12.7 Å². The van der Waals surface area contributed by atoms with Gasteiger partial charge in [0.15, 0.2) is 0 Å². The van der Waals surface area contributed by atoms with Gasteiger partial charge >= 0.3 is 16.4 Å². The van der Waals surface area contributed by atoms with Gasteiger partial charge < -0.3 is 5.11 Å². The number of carboxylic acids is 1. The van der Waals surface area contributed by atoms with Crippen molar-refractivity contribution in [2.24, 2.45) is 5.92 Å². The van der Waals surface area contributed by atoms with Gasteiger partial charge in [0.1, 0.15) is 0 Å². The summed E-state index contributed by atoms with van der Waals surface area (Å²) in [6.45, 7) is 6.31. The maximum absolute atomic E-state index is 10.7. The molecule has 0 aliphatic heterocycles. The first-order valence-corrected chi connectivity index (χ1v) is 6.75. The molecular formula is C10H21NO7S. The van der Waals surface area contributed by atoms with Gasteiger partial charge in [-0.05, 0) is 13.3 Å². The molecule has 0 aromatic heterocycles. The van der Waals surface area contributed by atoms with Crippen LogP contribution in [0.4, 0.5) is 0 Å². The molecule has 114 valence electrons. The number of nitrogens with zero attached hydrogens (tertiary/aromatic N) is 1. The zero-order valence-electron chi connectivity index (χ0n) is 11.3. The number of carboxylic acid groups (broad SMARTS) is 1. The number of hydrogen-bond donors (Lipinski definition) is 2. The molecule has 0 saturated carbocycles. The van der Waals surface area contributed by atoms with E-state index in [0.717, 1.165) is 7.11 Å². The molecule has 0 fully saturated rings. The van der Waals surface area contributed by atoms with Crippen LogP contribution in [0.1, 0.15) is 13.3 Å². The van der Waals surface area contributed by atoms with Gasteiger partial charge in [-0.1, -0.05) is 6.08 Å². The standard InChI is InChI=1S/C9H17NO3.CH4O4S/c1-4-6-8(9(11)12)7-10(3)13-5-2;1-5-6(2,3)4/h4,8H,1,5-7H2,2-3H3,(H,11,12);1H3,(H,2,3,4). The average Bonchev–Trinajstić information content (AvgIpc) is 2.28.